The summed E-state index contributed by atoms with van der Waals surface area (Å²) in [4.78, 5) is 2.11. The Morgan fingerprint density at radius 1 is 1.62 bits per heavy atom. The lowest BCUT2D eigenvalue weighted by molar-refractivity contribution is 0.407. The summed E-state index contributed by atoms with van der Waals surface area (Å²) < 4.78 is 25.2. The van der Waals surface area contributed by atoms with E-state index in [1.54, 1.807) is 0 Å². The van der Waals surface area contributed by atoms with Gasteiger partial charge in [-0.25, -0.2) is 13.1 Å². The van der Waals surface area contributed by atoms with Crippen LogP contribution >= 0.6 is 0 Å². The molecule has 1 atom stereocenters. The fourth-order valence-electron chi connectivity index (χ4n) is 1.50. The van der Waals surface area contributed by atoms with Crippen LogP contribution in [0.15, 0.2) is 0 Å². The Balaban J connectivity index is 2.40. The van der Waals surface area contributed by atoms with Gasteiger partial charge in [0.15, 0.2) is 0 Å². The number of nitrogens with zero attached hydrogens (tertiary/aromatic N) is 1. The number of hydrogen-bond donors (Lipinski definition) is 2. The van der Waals surface area contributed by atoms with Gasteiger partial charge in [-0.1, -0.05) is 0 Å². The molecule has 78 valence electrons. The highest BCUT2D eigenvalue weighted by molar-refractivity contribution is 7.89. The van der Waals surface area contributed by atoms with Crippen molar-refractivity contribution < 1.29 is 8.42 Å². The standard InChI is InChI=1S/C7H17N3O2S/c1-10-4-2-7(6-10)9-13(11,12)5-3-8/h7,9H,2-6,8H2,1H3. The summed E-state index contributed by atoms with van der Waals surface area (Å²) in [5.74, 6) is 0.0210. The maximum absolute atomic E-state index is 11.3. The van der Waals surface area contributed by atoms with E-state index in [1.807, 2.05) is 7.05 Å². The summed E-state index contributed by atoms with van der Waals surface area (Å²) >= 11 is 0. The number of likely N-dealkylation sites (N-methyl/N-ethyl adjacent to an activating group) is 1. The monoisotopic (exact) mass is 207 g/mol. The van der Waals surface area contributed by atoms with E-state index < -0.39 is 10.0 Å². The SMILES string of the molecule is CN1CCC(NS(=O)(=O)CCN)C1. The molecule has 1 rings (SSSR count). The molecule has 0 radical (unpaired) electrons. The maximum atomic E-state index is 11.3. The van der Waals surface area contributed by atoms with Crippen molar-refractivity contribution in [2.24, 2.45) is 5.73 Å². The van der Waals surface area contributed by atoms with E-state index in [-0.39, 0.29) is 18.3 Å². The highest BCUT2D eigenvalue weighted by atomic mass is 32.2. The summed E-state index contributed by atoms with van der Waals surface area (Å²) in [5, 5.41) is 0. The van der Waals surface area contributed by atoms with E-state index in [2.05, 4.69) is 9.62 Å². The molecule has 1 aliphatic heterocycles. The molecule has 6 heteroatoms. The Labute approximate surface area is 79.3 Å². The van der Waals surface area contributed by atoms with Gasteiger partial charge in [0.1, 0.15) is 0 Å². The van der Waals surface area contributed by atoms with Gasteiger partial charge in [0.25, 0.3) is 0 Å². The number of hydrogen-bond acceptors (Lipinski definition) is 4. The van der Waals surface area contributed by atoms with E-state index in [1.165, 1.54) is 0 Å². The lowest BCUT2D eigenvalue weighted by Gasteiger charge is -2.12. The van der Waals surface area contributed by atoms with Crippen molar-refractivity contribution in [3.63, 3.8) is 0 Å². The molecule has 0 amide bonds. The summed E-state index contributed by atoms with van der Waals surface area (Å²) in [5.41, 5.74) is 5.19. The first-order chi connectivity index (χ1) is 6.03. The molecule has 0 aromatic rings. The first-order valence-corrected chi connectivity index (χ1v) is 6.07. The van der Waals surface area contributed by atoms with E-state index >= 15 is 0 Å². The van der Waals surface area contributed by atoms with Crippen LogP contribution < -0.4 is 10.5 Å². The quantitative estimate of drug-likeness (QED) is 0.592. The highest BCUT2D eigenvalue weighted by Gasteiger charge is 2.23. The van der Waals surface area contributed by atoms with Crippen molar-refractivity contribution >= 4 is 10.0 Å². The minimum Gasteiger partial charge on any atom is -0.329 e. The molecule has 0 aromatic carbocycles. The molecule has 5 nitrogen and oxygen atoms in total. The molecule has 0 aliphatic carbocycles. The lowest BCUT2D eigenvalue weighted by atomic mass is 10.3. The molecule has 1 aliphatic rings. The van der Waals surface area contributed by atoms with Crippen LogP contribution in [0.3, 0.4) is 0 Å². The third kappa shape index (κ3) is 3.60. The zero-order valence-corrected chi connectivity index (χ0v) is 8.68. The molecular formula is C7H17N3O2S. The van der Waals surface area contributed by atoms with Crippen LogP contribution in [0, 0.1) is 0 Å². The Morgan fingerprint density at radius 3 is 2.77 bits per heavy atom. The first kappa shape index (κ1) is 10.9. The summed E-state index contributed by atoms with van der Waals surface area (Å²) in [6, 6.07) is 0.0709. The fraction of sp³-hybridized carbons (Fsp3) is 1.00. The maximum Gasteiger partial charge on any atom is 0.213 e. The van der Waals surface area contributed by atoms with Gasteiger partial charge in [-0.2, -0.15) is 0 Å². The summed E-state index contributed by atoms with van der Waals surface area (Å²) in [6.45, 7) is 1.93. The van der Waals surface area contributed by atoms with Gasteiger partial charge < -0.3 is 10.6 Å². The van der Waals surface area contributed by atoms with E-state index in [0.717, 1.165) is 19.5 Å². The molecule has 1 fully saturated rings. The predicted molar refractivity (Wildman–Crippen MR) is 51.9 cm³/mol. The molecule has 0 aromatic heterocycles. The fourth-order valence-corrected chi connectivity index (χ4v) is 2.63. The number of sulfonamides is 1. The number of nitrogens with one attached hydrogen (secondary N) is 1. The van der Waals surface area contributed by atoms with Crippen molar-refractivity contribution in [2.45, 2.75) is 12.5 Å². The molecule has 1 saturated heterocycles. The predicted octanol–water partition coefficient (Wildman–Crippen LogP) is -1.43. The Morgan fingerprint density at radius 2 is 2.31 bits per heavy atom. The average Bonchev–Trinajstić information content (AvgIpc) is 2.34. The Bertz CT molecular complexity index is 252. The molecule has 0 saturated carbocycles. The van der Waals surface area contributed by atoms with E-state index in [0.29, 0.717) is 0 Å². The van der Waals surface area contributed by atoms with Gasteiger partial charge in [-0.05, 0) is 20.0 Å². The van der Waals surface area contributed by atoms with Gasteiger partial charge in [0.2, 0.25) is 10.0 Å². The molecule has 0 spiro atoms. The van der Waals surface area contributed by atoms with Crippen LogP contribution in [-0.2, 0) is 10.0 Å². The molecule has 0 bridgehead atoms. The average molecular weight is 207 g/mol. The molecule has 3 N–H and O–H groups in total. The Hall–Kier alpha value is -0.170. The number of rotatable bonds is 4. The van der Waals surface area contributed by atoms with Crippen LogP contribution in [0.4, 0.5) is 0 Å². The molecule has 13 heavy (non-hydrogen) atoms. The zero-order chi connectivity index (χ0) is 9.90. The number of likely N-dealkylation sites (tertiary alicyclic amines) is 1. The minimum absolute atomic E-state index is 0.0210. The van der Waals surface area contributed by atoms with Gasteiger partial charge in [-0.3, -0.25) is 0 Å². The lowest BCUT2D eigenvalue weighted by Crippen LogP contribution is -2.39. The molecule has 1 heterocycles. The third-order valence-electron chi connectivity index (χ3n) is 2.12. The summed E-state index contributed by atoms with van der Waals surface area (Å²) in [7, 11) is -1.16. The van der Waals surface area contributed by atoms with Crippen molar-refractivity contribution in [3.8, 4) is 0 Å². The minimum atomic E-state index is -3.14. The van der Waals surface area contributed by atoms with Crippen LogP contribution in [0.5, 0.6) is 0 Å². The first-order valence-electron chi connectivity index (χ1n) is 4.42. The third-order valence-corrected chi connectivity index (χ3v) is 3.59. The second kappa shape index (κ2) is 4.36. The van der Waals surface area contributed by atoms with Gasteiger partial charge in [-0.15, -0.1) is 0 Å². The van der Waals surface area contributed by atoms with Crippen LogP contribution in [0.25, 0.3) is 0 Å². The van der Waals surface area contributed by atoms with E-state index in [9.17, 15) is 8.42 Å². The smallest absolute Gasteiger partial charge is 0.213 e. The van der Waals surface area contributed by atoms with Gasteiger partial charge >= 0.3 is 0 Å². The molecule has 1 unspecified atom stereocenters. The van der Waals surface area contributed by atoms with Crippen LogP contribution in [-0.4, -0.2) is 51.8 Å². The van der Waals surface area contributed by atoms with Crippen molar-refractivity contribution in [1.82, 2.24) is 9.62 Å². The topological polar surface area (TPSA) is 75.4 Å². The van der Waals surface area contributed by atoms with Crippen molar-refractivity contribution in [1.29, 1.82) is 0 Å². The second-order valence-corrected chi connectivity index (χ2v) is 5.35. The van der Waals surface area contributed by atoms with Crippen molar-refractivity contribution in [2.75, 3.05) is 32.4 Å². The van der Waals surface area contributed by atoms with Crippen molar-refractivity contribution in [3.05, 3.63) is 0 Å². The van der Waals surface area contributed by atoms with E-state index in [4.69, 9.17) is 5.73 Å². The second-order valence-electron chi connectivity index (χ2n) is 3.47. The van der Waals surface area contributed by atoms with Crippen LogP contribution in [0.1, 0.15) is 6.42 Å². The zero-order valence-electron chi connectivity index (χ0n) is 7.86. The number of nitrogens with two attached hydrogens (primary N) is 1. The van der Waals surface area contributed by atoms with Gasteiger partial charge in [0.05, 0.1) is 5.75 Å². The summed E-state index contributed by atoms with van der Waals surface area (Å²) in [6.07, 6.45) is 0.889. The van der Waals surface area contributed by atoms with Gasteiger partial charge in [0, 0.05) is 19.1 Å². The largest absolute Gasteiger partial charge is 0.329 e. The normalized spacial score (nSPS) is 25.2. The highest BCUT2D eigenvalue weighted by Crippen LogP contribution is 2.07. The van der Waals surface area contributed by atoms with Crippen LogP contribution in [0.2, 0.25) is 0 Å². The Kier molecular flexibility index (Phi) is 3.66. The molecular weight excluding hydrogens is 190 g/mol.